The van der Waals surface area contributed by atoms with E-state index in [4.69, 9.17) is 4.74 Å². The Morgan fingerprint density at radius 1 is 1.19 bits per heavy atom. The van der Waals surface area contributed by atoms with Crippen LogP contribution in [0.2, 0.25) is 0 Å². The molecule has 26 heavy (non-hydrogen) atoms. The van der Waals surface area contributed by atoms with Gasteiger partial charge in [0.2, 0.25) is 5.88 Å². The van der Waals surface area contributed by atoms with Crippen molar-refractivity contribution < 1.29 is 14.3 Å². The van der Waals surface area contributed by atoms with Gasteiger partial charge in [-0.05, 0) is 30.3 Å². The van der Waals surface area contributed by atoms with E-state index in [1.807, 2.05) is 6.07 Å². The predicted molar refractivity (Wildman–Crippen MR) is 93.6 cm³/mol. The molecule has 1 aromatic carbocycles. The number of esters is 1. The first kappa shape index (κ1) is 16.9. The van der Waals surface area contributed by atoms with Crippen molar-refractivity contribution in [1.29, 1.82) is 5.26 Å². The van der Waals surface area contributed by atoms with Gasteiger partial charge < -0.3 is 9.47 Å². The molecule has 0 amide bonds. The van der Waals surface area contributed by atoms with Gasteiger partial charge in [-0.15, -0.1) is 0 Å². The van der Waals surface area contributed by atoms with Gasteiger partial charge in [-0.3, -0.25) is 9.20 Å². The Kier molecular flexibility index (Phi) is 4.76. The summed E-state index contributed by atoms with van der Waals surface area (Å²) in [5.74, 6) is -0.398. The van der Waals surface area contributed by atoms with Crippen molar-refractivity contribution in [2.45, 2.75) is 0 Å². The molecule has 3 aromatic rings. The molecule has 0 unspecified atom stereocenters. The zero-order valence-corrected chi connectivity index (χ0v) is 13.7. The van der Waals surface area contributed by atoms with E-state index in [9.17, 15) is 14.9 Å². The molecule has 0 radical (unpaired) electrons. The number of aromatic nitrogens is 2. The number of rotatable bonds is 4. The van der Waals surface area contributed by atoms with Crippen molar-refractivity contribution >= 4 is 17.7 Å². The highest BCUT2D eigenvalue weighted by Gasteiger charge is 2.17. The van der Waals surface area contributed by atoms with Crippen molar-refractivity contribution in [3.8, 4) is 17.7 Å². The summed E-state index contributed by atoms with van der Waals surface area (Å²) in [7, 11) is 1.15. The van der Waals surface area contributed by atoms with Crippen LogP contribution < -0.4 is 10.3 Å². The number of benzene rings is 1. The van der Waals surface area contributed by atoms with Gasteiger partial charge in [0.05, 0.1) is 7.11 Å². The monoisotopic (exact) mass is 347 g/mol. The van der Waals surface area contributed by atoms with Crippen LogP contribution in [0.4, 0.5) is 0 Å². The fraction of sp³-hybridized carbons (Fsp3) is 0.0526. The summed E-state index contributed by atoms with van der Waals surface area (Å²) in [6, 6.07) is 15.6. The fourth-order valence-electron chi connectivity index (χ4n) is 2.28. The number of nitriles is 1. The molecule has 0 aliphatic rings. The number of hydrogen-bond acceptors (Lipinski definition) is 6. The van der Waals surface area contributed by atoms with Crippen LogP contribution in [0.3, 0.4) is 0 Å². The number of hydrogen-bond donors (Lipinski definition) is 0. The standard InChI is InChI=1S/C19H13N3O4/c1-25-19(24)13(12-20)11-15-17(26-14-7-3-2-4-8-14)21-16-9-5-6-10-22(16)18(15)23/h2-11H,1H3/b13-11+. The van der Waals surface area contributed by atoms with Gasteiger partial charge in [0.15, 0.2) is 0 Å². The highest BCUT2D eigenvalue weighted by molar-refractivity contribution is 5.98. The minimum Gasteiger partial charge on any atom is -0.465 e. The van der Waals surface area contributed by atoms with E-state index < -0.39 is 11.5 Å². The van der Waals surface area contributed by atoms with Gasteiger partial charge in [0.25, 0.3) is 5.56 Å². The molecule has 0 saturated carbocycles. The molecular weight excluding hydrogens is 334 g/mol. The van der Waals surface area contributed by atoms with E-state index in [2.05, 4.69) is 9.72 Å². The van der Waals surface area contributed by atoms with Crippen molar-refractivity contribution in [2.24, 2.45) is 0 Å². The molecule has 0 N–H and O–H groups in total. The van der Waals surface area contributed by atoms with Crippen molar-refractivity contribution in [3.63, 3.8) is 0 Å². The zero-order chi connectivity index (χ0) is 18.5. The zero-order valence-electron chi connectivity index (χ0n) is 13.7. The molecule has 7 nitrogen and oxygen atoms in total. The Morgan fingerprint density at radius 2 is 1.92 bits per heavy atom. The second-order valence-corrected chi connectivity index (χ2v) is 5.14. The van der Waals surface area contributed by atoms with Crippen LogP contribution in [-0.4, -0.2) is 22.5 Å². The average molecular weight is 347 g/mol. The van der Waals surface area contributed by atoms with Crippen molar-refractivity contribution in [3.05, 3.63) is 76.2 Å². The molecule has 0 atom stereocenters. The number of methoxy groups -OCH3 is 1. The first-order valence-corrected chi connectivity index (χ1v) is 7.58. The van der Waals surface area contributed by atoms with Crippen LogP contribution in [0.1, 0.15) is 5.56 Å². The summed E-state index contributed by atoms with van der Waals surface area (Å²) in [5, 5.41) is 9.18. The number of pyridine rings is 1. The molecule has 7 heteroatoms. The molecule has 3 rings (SSSR count). The fourth-order valence-corrected chi connectivity index (χ4v) is 2.28. The highest BCUT2D eigenvalue weighted by Crippen LogP contribution is 2.23. The van der Waals surface area contributed by atoms with Gasteiger partial charge >= 0.3 is 5.97 Å². The summed E-state index contributed by atoms with van der Waals surface area (Å²) < 4.78 is 11.6. The number of nitrogens with zero attached hydrogens (tertiary/aromatic N) is 3. The van der Waals surface area contributed by atoms with Gasteiger partial charge in [-0.1, -0.05) is 24.3 Å². The molecule has 2 heterocycles. The second kappa shape index (κ2) is 7.32. The van der Waals surface area contributed by atoms with Crippen LogP contribution in [0.25, 0.3) is 11.7 Å². The van der Waals surface area contributed by atoms with E-state index in [0.29, 0.717) is 11.4 Å². The van der Waals surface area contributed by atoms with Crippen LogP contribution in [0.5, 0.6) is 11.6 Å². The van der Waals surface area contributed by atoms with E-state index in [0.717, 1.165) is 13.2 Å². The molecule has 0 spiro atoms. The number of carbonyl (C=O) groups excluding carboxylic acids is 1. The lowest BCUT2D eigenvalue weighted by molar-refractivity contribution is -0.135. The maximum absolute atomic E-state index is 12.8. The summed E-state index contributed by atoms with van der Waals surface area (Å²) in [6.45, 7) is 0. The number of fused-ring (bicyclic) bond motifs is 1. The predicted octanol–water partition coefficient (Wildman–Crippen LogP) is 2.57. The first-order chi connectivity index (χ1) is 12.6. The molecular formula is C19H13N3O4. The Balaban J connectivity index is 2.24. The summed E-state index contributed by atoms with van der Waals surface area (Å²) >= 11 is 0. The summed E-state index contributed by atoms with van der Waals surface area (Å²) in [5.41, 5.74) is -0.463. The molecule has 2 aromatic heterocycles. The topological polar surface area (TPSA) is 93.7 Å². The van der Waals surface area contributed by atoms with Gasteiger partial charge in [0, 0.05) is 6.20 Å². The summed E-state index contributed by atoms with van der Waals surface area (Å²) in [6.07, 6.45) is 2.66. The first-order valence-electron chi connectivity index (χ1n) is 7.58. The molecule has 0 saturated heterocycles. The molecule has 0 aliphatic heterocycles. The third-order valence-corrected chi connectivity index (χ3v) is 3.51. The maximum atomic E-state index is 12.8. The molecule has 0 bridgehead atoms. The Hall–Kier alpha value is -3.92. The minimum atomic E-state index is -0.851. The quantitative estimate of drug-likeness (QED) is 0.409. The lowest BCUT2D eigenvalue weighted by Gasteiger charge is -2.10. The lowest BCUT2D eigenvalue weighted by Crippen LogP contribution is -2.19. The smallest absolute Gasteiger partial charge is 0.348 e. The van der Waals surface area contributed by atoms with Gasteiger partial charge in [-0.2, -0.15) is 10.2 Å². The van der Waals surface area contributed by atoms with E-state index in [1.165, 1.54) is 4.40 Å². The molecule has 0 aliphatic carbocycles. The van der Waals surface area contributed by atoms with Crippen LogP contribution in [0, 0.1) is 11.3 Å². The van der Waals surface area contributed by atoms with Crippen molar-refractivity contribution in [1.82, 2.24) is 9.38 Å². The number of carbonyl (C=O) groups is 1. The van der Waals surface area contributed by atoms with E-state index >= 15 is 0 Å². The second-order valence-electron chi connectivity index (χ2n) is 5.14. The normalized spacial score (nSPS) is 11.0. The SMILES string of the molecule is COC(=O)/C(C#N)=C/c1c(Oc2ccccc2)nc2ccccn2c1=O. The Bertz CT molecular complexity index is 1100. The van der Waals surface area contributed by atoms with Crippen LogP contribution >= 0.6 is 0 Å². The van der Waals surface area contributed by atoms with Crippen LogP contribution in [0.15, 0.2) is 65.1 Å². The van der Waals surface area contributed by atoms with Crippen LogP contribution in [-0.2, 0) is 9.53 Å². The van der Waals surface area contributed by atoms with Gasteiger partial charge in [-0.25, -0.2) is 4.79 Å². The number of ether oxygens (including phenoxy) is 2. The third kappa shape index (κ3) is 3.30. The van der Waals surface area contributed by atoms with E-state index in [-0.39, 0.29) is 17.0 Å². The minimum absolute atomic E-state index is 0.0101. The Morgan fingerprint density at radius 3 is 2.62 bits per heavy atom. The molecule has 0 fully saturated rings. The van der Waals surface area contributed by atoms with E-state index in [1.54, 1.807) is 54.7 Å². The lowest BCUT2D eigenvalue weighted by atomic mass is 10.2. The highest BCUT2D eigenvalue weighted by atomic mass is 16.5. The summed E-state index contributed by atoms with van der Waals surface area (Å²) in [4.78, 5) is 28.9. The average Bonchev–Trinajstić information content (AvgIpc) is 2.68. The third-order valence-electron chi connectivity index (χ3n) is 3.51. The largest absolute Gasteiger partial charge is 0.465 e. The molecule has 128 valence electrons. The van der Waals surface area contributed by atoms with Crippen molar-refractivity contribution in [2.75, 3.05) is 7.11 Å². The Labute approximate surface area is 148 Å². The number of para-hydroxylation sites is 1. The van der Waals surface area contributed by atoms with Gasteiger partial charge in [0.1, 0.15) is 28.6 Å². The maximum Gasteiger partial charge on any atom is 0.348 e.